The summed E-state index contributed by atoms with van der Waals surface area (Å²) in [6.07, 6.45) is 0. The van der Waals surface area contributed by atoms with Crippen LogP contribution in [-0.2, 0) is 15.1 Å². The molecule has 0 aliphatic rings. The van der Waals surface area contributed by atoms with Gasteiger partial charge in [0.1, 0.15) is 11.1 Å². The van der Waals surface area contributed by atoms with Gasteiger partial charge < -0.3 is 10.5 Å². The van der Waals surface area contributed by atoms with Gasteiger partial charge in [-0.1, -0.05) is 46.3 Å². The fourth-order valence-corrected chi connectivity index (χ4v) is 1.91. The number of nitrogens with two attached hydrogens (primary N) is 1. The van der Waals surface area contributed by atoms with E-state index < -0.39 is 17.1 Å². The molecule has 1 aromatic rings. The number of carbonyl (C=O) groups excluding carboxylic acids is 1. The third-order valence-electron chi connectivity index (χ3n) is 2.26. The van der Waals surface area contributed by atoms with E-state index in [1.807, 2.05) is 51.1 Å². The predicted octanol–water partition coefficient (Wildman–Crippen LogP) is 2.58. The SMILES string of the molecule is CC(C)(C)OC(=O)C(N)(CBr)c1ccccc1. The summed E-state index contributed by atoms with van der Waals surface area (Å²) in [4.78, 5) is 12.1. The number of hydrogen-bond donors (Lipinski definition) is 1. The monoisotopic (exact) mass is 299 g/mol. The highest BCUT2D eigenvalue weighted by Crippen LogP contribution is 2.24. The summed E-state index contributed by atoms with van der Waals surface area (Å²) in [6.45, 7) is 5.47. The molecule has 1 unspecified atom stereocenters. The lowest BCUT2D eigenvalue weighted by Crippen LogP contribution is -2.49. The van der Waals surface area contributed by atoms with E-state index in [2.05, 4.69) is 15.9 Å². The van der Waals surface area contributed by atoms with Gasteiger partial charge >= 0.3 is 5.97 Å². The van der Waals surface area contributed by atoms with Gasteiger partial charge in [-0.15, -0.1) is 0 Å². The van der Waals surface area contributed by atoms with Gasteiger partial charge in [0.15, 0.2) is 0 Å². The van der Waals surface area contributed by atoms with Crippen molar-refractivity contribution in [2.75, 3.05) is 5.33 Å². The number of ether oxygens (including phenoxy) is 1. The van der Waals surface area contributed by atoms with Gasteiger partial charge in [0.25, 0.3) is 0 Å². The smallest absolute Gasteiger partial charge is 0.332 e. The largest absolute Gasteiger partial charge is 0.458 e. The maximum absolute atomic E-state index is 12.1. The van der Waals surface area contributed by atoms with Crippen LogP contribution in [0.15, 0.2) is 30.3 Å². The summed E-state index contributed by atoms with van der Waals surface area (Å²) in [5.41, 5.74) is 5.20. The molecular weight excluding hydrogens is 282 g/mol. The van der Waals surface area contributed by atoms with E-state index in [0.717, 1.165) is 5.56 Å². The molecule has 0 heterocycles. The normalized spacial score (nSPS) is 15.1. The van der Waals surface area contributed by atoms with Gasteiger partial charge in [-0.3, -0.25) is 0 Å². The van der Waals surface area contributed by atoms with Gasteiger partial charge in [0, 0.05) is 5.33 Å². The van der Waals surface area contributed by atoms with Crippen LogP contribution in [0.4, 0.5) is 0 Å². The molecule has 17 heavy (non-hydrogen) atoms. The van der Waals surface area contributed by atoms with Crippen molar-refractivity contribution < 1.29 is 9.53 Å². The first-order chi connectivity index (χ1) is 7.79. The molecule has 0 spiro atoms. The van der Waals surface area contributed by atoms with Crippen molar-refractivity contribution in [2.24, 2.45) is 5.73 Å². The van der Waals surface area contributed by atoms with Crippen molar-refractivity contribution in [1.29, 1.82) is 0 Å². The molecule has 1 aromatic carbocycles. The minimum absolute atomic E-state index is 0.318. The molecule has 0 bridgehead atoms. The highest BCUT2D eigenvalue weighted by molar-refractivity contribution is 9.09. The summed E-state index contributed by atoms with van der Waals surface area (Å²) in [6, 6.07) is 9.23. The molecule has 0 saturated carbocycles. The quantitative estimate of drug-likeness (QED) is 0.689. The molecule has 2 N–H and O–H groups in total. The van der Waals surface area contributed by atoms with Crippen molar-refractivity contribution in [3.05, 3.63) is 35.9 Å². The highest BCUT2D eigenvalue weighted by Gasteiger charge is 2.38. The van der Waals surface area contributed by atoms with Crippen molar-refractivity contribution in [2.45, 2.75) is 31.9 Å². The Hall–Kier alpha value is -0.870. The summed E-state index contributed by atoms with van der Waals surface area (Å²) < 4.78 is 5.35. The van der Waals surface area contributed by atoms with E-state index in [1.54, 1.807) is 0 Å². The zero-order chi connectivity index (χ0) is 13.1. The van der Waals surface area contributed by atoms with Gasteiger partial charge in [-0.25, -0.2) is 4.79 Å². The Kier molecular flexibility index (Phi) is 4.33. The van der Waals surface area contributed by atoms with Crippen LogP contribution in [0.2, 0.25) is 0 Å². The summed E-state index contributed by atoms with van der Waals surface area (Å²) >= 11 is 3.29. The van der Waals surface area contributed by atoms with E-state index >= 15 is 0 Å². The number of hydrogen-bond acceptors (Lipinski definition) is 3. The Labute approximate surface area is 110 Å². The second kappa shape index (κ2) is 5.19. The maximum Gasteiger partial charge on any atom is 0.332 e. The first-order valence-corrected chi connectivity index (χ1v) is 6.55. The van der Waals surface area contributed by atoms with E-state index in [4.69, 9.17) is 10.5 Å². The zero-order valence-corrected chi connectivity index (χ0v) is 12.0. The van der Waals surface area contributed by atoms with Crippen LogP contribution >= 0.6 is 15.9 Å². The van der Waals surface area contributed by atoms with Gasteiger partial charge in [-0.2, -0.15) is 0 Å². The van der Waals surface area contributed by atoms with Crippen molar-refractivity contribution in [1.82, 2.24) is 0 Å². The molecule has 1 atom stereocenters. The lowest BCUT2D eigenvalue weighted by Gasteiger charge is -2.30. The summed E-state index contributed by atoms with van der Waals surface area (Å²) in [5, 5.41) is 0.318. The molecule has 0 aliphatic heterocycles. The van der Waals surface area contributed by atoms with Crippen LogP contribution in [0.1, 0.15) is 26.3 Å². The average Bonchev–Trinajstić information content (AvgIpc) is 2.27. The van der Waals surface area contributed by atoms with E-state index in [-0.39, 0.29) is 0 Å². The second-order valence-corrected chi connectivity index (χ2v) is 5.53. The van der Waals surface area contributed by atoms with Crippen LogP contribution in [0.5, 0.6) is 0 Å². The standard InChI is InChI=1S/C13H18BrNO2/c1-12(2,3)17-11(16)13(15,9-14)10-7-5-4-6-8-10/h4-8H,9,15H2,1-3H3. The van der Waals surface area contributed by atoms with Crippen LogP contribution in [-0.4, -0.2) is 16.9 Å². The Morgan fingerprint density at radius 2 is 1.82 bits per heavy atom. The fraction of sp³-hybridized carbons (Fsp3) is 0.462. The van der Waals surface area contributed by atoms with Crippen LogP contribution in [0.25, 0.3) is 0 Å². The predicted molar refractivity (Wildman–Crippen MR) is 71.9 cm³/mol. The number of esters is 1. The molecule has 0 amide bonds. The van der Waals surface area contributed by atoms with E-state index in [9.17, 15) is 4.79 Å². The second-order valence-electron chi connectivity index (χ2n) is 4.97. The molecule has 4 heteroatoms. The zero-order valence-electron chi connectivity index (χ0n) is 10.4. The lowest BCUT2D eigenvalue weighted by atomic mass is 9.93. The minimum Gasteiger partial charge on any atom is -0.458 e. The first-order valence-electron chi connectivity index (χ1n) is 5.43. The number of rotatable bonds is 3. The Morgan fingerprint density at radius 3 is 2.24 bits per heavy atom. The Bertz CT molecular complexity index is 386. The van der Waals surface area contributed by atoms with E-state index in [1.165, 1.54) is 0 Å². The Morgan fingerprint density at radius 1 is 1.29 bits per heavy atom. The number of halogens is 1. The molecular formula is C13H18BrNO2. The van der Waals surface area contributed by atoms with Gasteiger partial charge in [0.2, 0.25) is 0 Å². The van der Waals surface area contributed by atoms with Gasteiger partial charge in [0.05, 0.1) is 0 Å². The van der Waals surface area contributed by atoms with Crippen molar-refractivity contribution in [3.63, 3.8) is 0 Å². The molecule has 0 aliphatic carbocycles. The molecule has 3 nitrogen and oxygen atoms in total. The molecule has 1 rings (SSSR count). The molecule has 0 radical (unpaired) electrons. The minimum atomic E-state index is -1.14. The number of benzene rings is 1. The van der Waals surface area contributed by atoms with Gasteiger partial charge in [-0.05, 0) is 26.3 Å². The number of alkyl halides is 1. The van der Waals surface area contributed by atoms with Crippen LogP contribution in [0, 0.1) is 0 Å². The topological polar surface area (TPSA) is 52.3 Å². The fourth-order valence-electron chi connectivity index (χ4n) is 1.35. The Balaban J connectivity index is 3.01. The molecule has 94 valence electrons. The molecule has 0 aromatic heterocycles. The first kappa shape index (κ1) is 14.2. The third-order valence-corrected chi connectivity index (χ3v) is 3.15. The van der Waals surface area contributed by atoms with E-state index in [0.29, 0.717) is 5.33 Å². The van der Waals surface area contributed by atoms with Crippen molar-refractivity contribution >= 4 is 21.9 Å². The van der Waals surface area contributed by atoms with Crippen LogP contribution in [0.3, 0.4) is 0 Å². The number of carbonyl (C=O) groups is 1. The molecule has 0 fully saturated rings. The third kappa shape index (κ3) is 3.54. The lowest BCUT2D eigenvalue weighted by molar-refractivity contribution is -0.161. The van der Waals surface area contributed by atoms with Crippen LogP contribution < -0.4 is 5.73 Å². The summed E-state index contributed by atoms with van der Waals surface area (Å²) in [7, 11) is 0. The molecule has 0 saturated heterocycles. The highest BCUT2D eigenvalue weighted by atomic mass is 79.9. The maximum atomic E-state index is 12.1. The average molecular weight is 300 g/mol. The van der Waals surface area contributed by atoms with Crippen molar-refractivity contribution in [3.8, 4) is 0 Å². The summed E-state index contributed by atoms with van der Waals surface area (Å²) in [5.74, 6) is -0.423.